The van der Waals surface area contributed by atoms with E-state index in [1.54, 1.807) is 19.1 Å². The number of ether oxygens (including phenoxy) is 2. The molecular weight excluding hydrogens is 296 g/mol. The van der Waals surface area contributed by atoms with Gasteiger partial charge in [0.25, 0.3) is 10.1 Å². The lowest BCUT2D eigenvalue weighted by Gasteiger charge is -2.06. The second-order valence-electron chi connectivity index (χ2n) is 4.30. The van der Waals surface area contributed by atoms with Crippen LogP contribution < -0.4 is 0 Å². The van der Waals surface area contributed by atoms with Crippen LogP contribution in [-0.4, -0.2) is 40.8 Å². The van der Waals surface area contributed by atoms with E-state index in [9.17, 15) is 13.2 Å². The first-order valence-electron chi connectivity index (χ1n) is 6.65. The summed E-state index contributed by atoms with van der Waals surface area (Å²) in [5.41, 5.74) is 0.973. The van der Waals surface area contributed by atoms with E-state index in [2.05, 4.69) is 4.74 Å². The summed E-state index contributed by atoms with van der Waals surface area (Å²) in [6.45, 7) is 3.97. The summed E-state index contributed by atoms with van der Waals surface area (Å²) in [6, 6.07) is 6.42. The molecule has 0 bridgehead atoms. The van der Waals surface area contributed by atoms with Crippen LogP contribution >= 0.6 is 0 Å². The van der Waals surface area contributed by atoms with Crippen LogP contribution in [0, 0.1) is 6.92 Å². The number of rotatable bonds is 9. The Morgan fingerprint density at radius 3 is 2.43 bits per heavy atom. The Hall–Kier alpha value is -1.44. The van der Waals surface area contributed by atoms with E-state index in [4.69, 9.17) is 8.92 Å². The predicted molar refractivity (Wildman–Crippen MR) is 76.4 cm³/mol. The minimum absolute atomic E-state index is 0.000957. The molecule has 0 atom stereocenters. The summed E-state index contributed by atoms with van der Waals surface area (Å²) in [7, 11) is -3.74. The van der Waals surface area contributed by atoms with Crippen molar-refractivity contribution in [1.29, 1.82) is 0 Å². The second-order valence-corrected chi connectivity index (χ2v) is 5.92. The van der Waals surface area contributed by atoms with E-state index < -0.39 is 16.1 Å². The Kier molecular flexibility index (Phi) is 7.35. The molecule has 0 aliphatic heterocycles. The molecule has 7 heteroatoms. The fourth-order valence-corrected chi connectivity index (χ4v) is 2.40. The van der Waals surface area contributed by atoms with Gasteiger partial charge in [-0.3, -0.25) is 4.18 Å². The van der Waals surface area contributed by atoms with Crippen molar-refractivity contribution in [2.75, 3.05) is 26.4 Å². The normalized spacial score (nSPS) is 11.3. The van der Waals surface area contributed by atoms with Crippen molar-refractivity contribution < 1.29 is 26.9 Å². The predicted octanol–water partition coefficient (Wildman–Crippen LogP) is 1.67. The monoisotopic (exact) mass is 316 g/mol. The molecule has 0 unspecified atom stereocenters. The summed E-state index contributed by atoms with van der Waals surface area (Å²) < 4.78 is 38.3. The molecule has 1 aromatic rings. The van der Waals surface area contributed by atoms with Gasteiger partial charge in [0, 0.05) is 6.61 Å². The van der Waals surface area contributed by atoms with Crippen molar-refractivity contribution in [2.45, 2.75) is 25.2 Å². The molecule has 0 N–H and O–H groups in total. The average molecular weight is 316 g/mol. The summed E-state index contributed by atoms with van der Waals surface area (Å²) in [5, 5.41) is 0. The summed E-state index contributed by atoms with van der Waals surface area (Å²) in [6.07, 6.45) is 0.366. The number of carbonyl (C=O) groups excluding carboxylic acids is 1. The first-order valence-corrected chi connectivity index (χ1v) is 8.06. The third kappa shape index (κ3) is 6.70. The zero-order valence-corrected chi connectivity index (χ0v) is 13.0. The van der Waals surface area contributed by atoms with Crippen LogP contribution in [0.15, 0.2) is 29.2 Å². The maximum absolute atomic E-state index is 11.8. The Morgan fingerprint density at radius 2 is 1.81 bits per heavy atom. The molecule has 0 amide bonds. The van der Waals surface area contributed by atoms with Crippen LogP contribution in [0.25, 0.3) is 0 Å². The number of carbonyl (C=O) groups is 1. The van der Waals surface area contributed by atoms with Crippen LogP contribution in [0.2, 0.25) is 0 Å². The van der Waals surface area contributed by atoms with Gasteiger partial charge in [-0.25, -0.2) is 4.79 Å². The molecule has 0 spiro atoms. The molecule has 0 heterocycles. The van der Waals surface area contributed by atoms with Crippen molar-refractivity contribution in [1.82, 2.24) is 0 Å². The number of hydrogen-bond donors (Lipinski definition) is 0. The molecular formula is C14H20O6S. The Balaban J connectivity index is 2.25. The number of esters is 1. The summed E-state index contributed by atoms with van der Waals surface area (Å²) in [5.74, 6) is -0.439. The molecule has 0 fully saturated rings. The van der Waals surface area contributed by atoms with E-state index >= 15 is 0 Å². The van der Waals surface area contributed by atoms with Crippen LogP contribution in [0.1, 0.15) is 18.9 Å². The lowest BCUT2D eigenvalue weighted by molar-refractivity contribution is -0.148. The van der Waals surface area contributed by atoms with Crippen LogP contribution in [0.5, 0.6) is 0 Å². The van der Waals surface area contributed by atoms with E-state index in [1.807, 2.05) is 6.92 Å². The number of aryl methyl sites for hydroxylation is 1. The Labute approximate surface area is 125 Å². The highest BCUT2D eigenvalue weighted by Crippen LogP contribution is 2.13. The van der Waals surface area contributed by atoms with Gasteiger partial charge in [-0.05, 0) is 32.4 Å². The highest BCUT2D eigenvalue weighted by molar-refractivity contribution is 7.86. The van der Waals surface area contributed by atoms with Gasteiger partial charge >= 0.3 is 5.97 Å². The molecule has 1 aromatic carbocycles. The minimum atomic E-state index is -3.74. The molecule has 1 rings (SSSR count). The fraction of sp³-hybridized carbons (Fsp3) is 0.500. The molecule has 0 saturated heterocycles. The van der Waals surface area contributed by atoms with Gasteiger partial charge in [-0.15, -0.1) is 0 Å². The van der Waals surface area contributed by atoms with Crippen molar-refractivity contribution in [3.8, 4) is 0 Å². The van der Waals surface area contributed by atoms with Crippen LogP contribution in [0.3, 0.4) is 0 Å². The first kappa shape index (κ1) is 17.6. The molecule has 118 valence electrons. The minimum Gasteiger partial charge on any atom is -0.464 e. The van der Waals surface area contributed by atoms with E-state index in [-0.39, 0.29) is 24.7 Å². The Bertz CT molecular complexity index is 535. The van der Waals surface area contributed by atoms with E-state index in [1.165, 1.54) is 12.1 Å². The molecule has 0 saturated carbocycles. The number of benzene rings is 1. The zero-order chi connectivity index (χ0) is 15.7. The highest BCUT2D eigenvalue weighted by atomic mass is 32.2. The lowest BCUT2D eigenvalue weighted by Crippen LogP contribution is -2.14. The average Bonchev–Trinajstić information content (AvgIpc) is 2.43. The second kappa shape index (κ2) is 8.76. The SMILES string of the molecule is CCOC(=O)COCCCOS(=O)(=O)c1ccc(C)cc1. The molecule has 0 aromatic heterocycles. The molecule has 0 aliphatic rings. The lowest BCUT2D eigenvalue weighted by atomic mass is 10.2. The highest BCUT2D eigenvalue weighted by Gasteiger charge is 2.14. The van der Waals surface area contributed by atoms with Gasteiger partial charge < -0.3 is 9.47 Å². The van der Waals surface area contributed by atoms with Gasteiger partial charge in [-0.2, -0.15) is 8.42 Å². The molecule has 6 nitrogen and oxygen atoms in total. The topological polar surface area (TPSA) is 78.9 Å². The van der Waals surface area contributed by atoms with Crippen LogP contribution in [-0.2, 0) is 28.6 Å². The number of hydrogen-bond acceptors (Lipinski definition) is 6. The molecule has 0 radical (unpaired) electrons. The Morgan fingerprint density at radius 1 is 1.14 bits per heavy atom. The largest absolute Gasteiger partial charge is 0.464 e. The maximum atomic E-state index is 11.8. The van der Waals surface area contributed by atoms with Gasteiger partial charge in [0.15, 0.2) is 0 Å². The zero-order valence-electron chi connectivity index (χ0n) is 12.2. The van der Waals surface area contributed by atoms with Gasteiger partial charge in [0.1, 0.15) is 6.61 Å². The first-order chi connectivity index (χ1) is 9.95. The smallest absolute Gasteiger partial charge is 0.332 e. The van der Waals surface area contributed by atoms with Crippen molar-refractivity contribution >= 4 is 16.1 Å². The van der Waals surface area contributed by atoms with E-state index in [0.717, 1.165) is 5.56 Å². The third-order valence-corrected chi connectivity index (χ3v) is 3.83. The fourth-order valence-electron chi connectivity index (χ4n) is 1.46. The standard InChI is InChI=1S/C14H20O6S/c1-3-19-14(15)11-18-9-4-10-20-21(16,17)13-7-5-12(2)6-8-13/h5-8H,3-4,9-11H2,1-2H3. The van der Waals surface area contributed by atoms with Gasteiger partial charge in [-0.1, -0.05) is 17.7 Å². The summed E-state index contributed by atoms with van der Waals surface area (Å²) >= 11 is 0. The molecule has 0 aliphatic carbocycles. The van der Waals surface area contributed by atoms with Crippen molar-refractivity contribution in [2.24, 2.45) is 0 Å². The van der Waals surface area contributed by atoms with Gasteiger partial charge in [0.2, 0.25) is 0 Å². The quantitative estimate of drug-likeness (QED) is 0.392. The van der Waals surface area contributed by atoms with Crippen LogP contribution in [0.4, 0.5) is 0 Å². The molecule has 21 heavy (non-hydrogen) atoms. The van der Waals surface area contributed by atoms with Crippen molar-refractivity contribution in [3.63, 3.8) is 0 Å². The third-order valence-electron chi connectivity index (χ3n) is 2.51. The van der Waals surface area contributed by atoms with E-state index in [0.29, 0.717) is 13.0 Å². The van der Waals surface area contributed by atoms with Crippen molar-refractivity contribution in [3.05, 3.63) is 29.8 Å². The maximum Gasteiger partial charge on any atom is 0.332 e. The van der Waals surface area contributed by atoms with Gasteiger partial charge in [0.05, 0.1) is 18.1 Å². The summed E-state index contributed by atoms with van der Waals surface area (Å²) in [4.78, 5) is 11.1.